The SMILES string of the molecule is Cc1cc(CN(C)S(=O)(=O)c2cc(Br)cnc2Cl)no1. The van der Waals surface area contributed by atoms with Gasteiger partial charge in [0.15, 0.2) is 0 Å². The first-order chi connectivity index (χ1) is 9.30. The predicted molar refractivity (Wildman–Crippen MR) is 76.8 cm³/mol. The lowest BCUT2D eigenvalue weighted by atomic mass is 10.4. The van der Waals surface area contributed by atoms with E-state index in [1.54, 1.807) is 13.0 Å². The lowest BCUT2D eigenvalue weighted by Crippen LogP contribution is -2.27. The maximum absolute atomic E-state index is 12.4. The molecule has 108 valence electrons. The van der Waals surface area contributed by atoms with Crippen LogP contribution in [0.15, 0.2) is 32.2 Å². The molecule has 0 aliphatic carbocycles. The monoisotopic (exact) mass is 379 g/mol. The summed E-state index contributed by atoms with van der Waals surface area (Å²) in [5.41, 5.74) is 0.521. The second-order valence-corrected chi connectivity index (χ2v) is 7.42. The van der Waals surface area contributed by atoms with Gasteiger partial charge >= 0.3 is 0 Å². The topological polar surface area (TPSA) is 76.3 Å². The molecule has 2 aromatic rings. The molecule has 0 radical (unpaired) electrons. The van der Waals surface area contributed by atoms with E-state index in [9.17, 15) is 8.42 Å². The minimum Gasteiger partial charge on any atom is -0.361 e. The summed E-state index contributed by atoms with van der Waals surface area (Å²) in [5, 5.41) is 3.69. The third-order valence-electron chi connectivity index (χ3n) is 2.52. The fourth-order valence-corrected chi connectivity index (χ4v) is 3.62. The van der Waals surface area contributed by atoms with E-state index < -0.39 is 10.0 Å². The summed E-state index contributed by atoms with van der Waals surface area (Å²) in [6, 6.07) is 3.09. The Kier molecular flexibility index (Phi) is 4.48. The Morgan fingerprint density at radius 3 is 2.75 bits per heavy atom. The molecular formula is C11H11BrClN3O3S. The van der Waals surface area contributed by atoms with Gasteiger partial charge in [0.1, 0.15) is 15.8 Å². The highest BCUT2D eigenvalue weighted by Crippen LogP contribution is 2.25. The molecule has 9 heteroatoms. The first kappa shape index (κ1) is 15.4. The van der Waals surface area contributed by atoms with Crippen LogP contribution in [0.25, 0.3) is 0 Å². The average Bonchev–Trinajstić information content (AvgIpc) is 2.77. The molecule has 2 heterocycles. The molecule has 0 atom stereocenters. The number of sulfonamides is 1. The molecule has 0 spiro atoms. The Balaban J connectivity index is 2.32. The summed E-state index contributed by atoms with van der Waals surface area (Å²) >= 11 is 9.04. The molecule has 0 amide bonds. The van der Waals surface area contributed by atoms with Gasteiger partial charge in [0, 0.05) is 23.8 Å². The Hall–Kier alpha value is -0.960. The van der Waals surface area contributed by atoms with Crippen molar-refractivity contribution in [2.24, 2.45) is 0 Å². The summed E-state index contributed by atoms with van der Waals surface area (Å²) in [6.07, 6.45) is 1.43. The third kappa shape index (κ3) is 3.20. The van der Waals surface area contributed by atoms with Gasteiger partial charge in [-0.3, -0.25) is 0 Å². The summed E-state index contributed by atoms with van der Waals surface area (Å²) in [6.45, 7) is 1.82. The zero-order valence-electron chi connectivity index (χ0n) is 10.7. The summed E-state index contributed by atoms with van der Waals surface area (Å²) < 4.78 is 31.5. The van der Waals surface area contributed by atoms with Crippen molar-refractivity contribution in [3.8, 4) is 0 Å². The number of pyridine rings is 1. The Morgan fingerprint density at radius 1 is 1.45 bits per heavy atom. The van der Waals surface area contributed by atoms with Crippen LogP contribution in [0.4, 0.5) is 0 Å². The van der Waals surface area contributed by atoms with Crippen molar-refractivity contribution in [3.63, 3.8) is 0 Å². The van der Waals surface area contributed by atoms with Gasteiger partial charge in [-0.2, -0.15) is 4.31 Å². The van der Waals surface area contributed by atoms with Crippen molar-refractivity contribution in [3.05, 3.63) is 39.4 Å². The van der Waals surface area contributed by atoms with Crippen molar-refractivity contribution in [1.29, 1.82) is 0 Å². The lowest BCUT2D eigenvalue weighted by molar-refractivity contribution is 0.378. The Bertz CT molecular complexity index is 732. The number of aromatic nitrogens is 2. The van der Waals surface area contributed by atoms with Crippen LogP contribution >= 0.6 is 27.5 Å². The molecule has 0 N–H and O–H groups in total. The number of aryl methyl sites for hydroxylation is 1. The highest BCUT2D eigenvalue weighted by atomic mass is 79.9. The van der Waals surface area contributed by atoms with E-state index in [1.807, 2.05) is 0 Å². The minimum atomic E-state index is -3.75. The fraction of sp³-hybridized carbons (Fsp3) is 0.273. The van der Waals surface area contributed by atoms with Gasteiger partial charge < -0.3 is 4.52 Å². The van der Waals surface area contributed by atoms with Crippen LogP contribution in [0.2, 0.25) is 5.15 Å². The molecule has 0 aliphatic heterocycles. The van der Waals surface area contributed by atoms with E-state index in [4.69, 9.17) is 16.1 Å². The van der Waals surface area contributed by atoms with Gasteiger partial charge in [0.25, 0.3) is 0 Å². The molecule has 6 nitrogen and oxygen atoms in total. The Morgan fingerprint density at radius 2 is 2.15 bits per heavy atom. The van der Waals surface area contributed by atoms with Gasteiger partial charge in [-0.05, 0) is 28.9 Å². The summed E-state index contributed by atoms with van der Waals surface area (Å²) in [5.74, 6) is 0.618. The fourth-order valence-electron chi connectivity index (χ4n) is 1.56. The van der Waals surface area contributed by atoms with Gasteiger partial charge in [-0.1, -0.05) is 16.8 Å². The molecule has 2 rings (SSSR count). The van der Waals surface area contributed by atoms with Crippen LogP contribution < -0.4 is 0 Å². The van der Waals surface area contributed by atoms with Crippen molar-refractivity contribution in [2.45, 2.75) is 18.4 Å². The zero-order chi connectivity index (χ0) is 14.9. The standard InChI is InChI=1S/C11H11BrClN3O3S/c1-7-3-9(15-19-7)6-16(2)20(17,18)10-4-8(12)5-14-11(10)13/h3-5H,6H2,1-2H3. The van der Waals surface area contributed by atoms with Gasteiger partial charge in [-0.25, -0.2) is 13.4 Å². The quantitative estimate of drug-likeness (QED) is 0.762. The molecule has 0 aliphatic rings. The van der Waals surface area contributed by atoms with Crippen molar-refractivity contribution in [1.82, 2.24) is 14.4 Å². The van der Waals surface area contributed by atoms with Crippen molar-refractivity contribution in [2.75, 3.05) is 7.05 Å². The molecule has 0 saturated heterocycles. The van der Waals surface area contributed by atoms with E-state index in [0.717, 1.165) is 4.31 Å². The smallest absolute Gasteiger partial charge is 0.246 e. The number of hydrogen-bond donors (Lipinski definition) is 0. The van der Waals surface area contributed by atoms with Crippen LogP contribution in [0.1, 0.15) is 11.5 Å². The number of halogens is 2. The zero-order valence-corrected chi connectivity index (χ0v) is 13.8. The van der Waals surface area contributed by atoms with Crippen molar-refractivity contribution < 1.29 is 12.9 Å². The highest BCUT2D eigenvalue weighted by molar-refractivity contribution is 9.10. The molecule has 2 aromatic heterocycles. The predicted octanol–water partition coefficient (Wildman–Crippen LogP) is 2.61. The Labute approximate surface area is 129 Å². The normalized spacial score (nSPS) is 12.1. The molecule has 0 unspecified atom stereocenters. The number of hydrogen-bond acceptors (Lipinski definition) is 5. The van der Waals surface area contributed by atoms with E-state index >= 15 is 0 Å². The largest absolute Gasteiger partial charge is 0.361 e. The van der Waals surface area contributed by atoms with Crippen LogP contribution in [0, 0.1) is 6.92 Å². The van der Waals surface area contributed by atoms with E-state index in [2.05, 4.69) is 26.1 Å². The maximum atomic E-state index is 12.4. The van der Waals surface area contributed by atoms with Crippen molar-refractivity contribution >= 4 is 37.6 Å². The third-order valence-corrected chi connectivity index (χ3v) is 5.19. The summed E-state index contributed by atoms with van der Waals surface area (Å²) in [7, 11) is -2.31. The molecule has 0 bridgehead atoms. The van der Waals surface area contributed by atoms with Crippen LogP contribution in [-0.2, 0) is 16.6 Å². The number of rotatable bonds is 4. The molecular weight excluding hydrogens is 370 g/mol. The van der Waals surface area contributed by atoms with Crippen LogP contribution in [0.3, 0.4) is 0 Å². The van der Waals surface area contributed by atoms with Gasteiger partial charge in [0.05, 0.1) is 12.2 Å². The van der Waals surface area contributed by atoms with E-state index in [1.165, 1.54) is 19.3 Å². The van der Waals surface area contributed by atoms with Crippen LogP contribution in [0.5, 0.6) is 0 Å². The second kappa shape index (κ2) is 5.80. The average molecular weight is 381 g/mol. The highest BCUT2D eigenvalue weighted by Gasteiger charge is 2.25. The second-order valence-electron chi connectivity index (χ2n) is 4.13. The maximum Gasteiger partial charge on any atom is 0.246 e. The first-order valence-corrected chi connectivity index (χ1v) is 8.11. The molecule has 0 aromatic carbocycles. The lowest BCUT2D eigenvalue weighted by Gasteiger charge is -2.16. The summed E-state index contributed by atoms with van der Waals surface area (Å²) in [4.78, 5) is 3.76. The van der Waals surface area contributed by atoms with E-state index in [-0.39, 0.29) is 16.6 Å². The molecule has 0 fully saturated rings. The molecule has 20 heavy (non-hydrogen) atoms. The van der Waals surface area contributed by atoms with Gasteiger partial charge in [0.2, 0.25) is 10.0 Å². The van der Waals surface area contributed by atoms with E-state index in [0.29, 0.717) is 15.9 Å². The molecule has 0 saturated carbocycles. The number of nitrogens with zero attached hydrogens (tertiary/aromatic N) is 3. The van der Waals surface area contributed by atoms with Crippen LogP contribution in [-0.4, -0.2) is 29.9 Å². The van der Waals surface area contributed by atoms with Gasteiger partial charge in [-0.15, -0.1) is 0 Å². The first-order valence-electron chi connectivity index (χ1n) is 5.50. The minimum absolute atomic E-state index is 0.0590.